The van der Waals surface area contributed by atoms with Crippen molar-refractivity contribution in [3.8, 4) is 0 Å². The van der Waals surface area contributed by atoms with Gasteiger partial charge in [-0.2, -0.15) is 0 Å². The largest absolute Gasteiger partial charge is 0.480 e. The first kappa shape index (κ1) is 13.4. The van der Waals surface area contributed by atoms with Gasteiger partial charge in [-0.3, -0.25) is 4.79 Å². The van der Waals surface area contributed by atoms with Gasteiger partial charge in [-0.25, -0.2) is 0 Å². The molecule has 1 N–H and O–H groups in total. The molecule has 4 heteroatoms. The number of carboxylic acids is 1. The Balaban J connectivity index is 2.19. The highest BCUT2D eigenvalue weighted by atomic mass is 35.5. The van der Waals surface area contributed by atoms with Gasteiger partial charge in [0.1, 0.15) is 6.54 Å². The van der Waals surface area contributed by atoms with Crippen molar-refractivity contribution in [2.45, 2.75) is 6.54 Å². The van der Waals surface area contributed by atoms with Crippen LogP contribution in [0.1, 0.15) is 5.56 Å². The van der Waals surface area contributed by atoms with Crippen molar-refractivity contribution >= 4 is 23.3 Å². The Labute approximate surface area is 117 Å². The Morgan fingerprint density at radius 1 is 1.05 bits per heavy atom. The molecular formula is C15H14ClNO2. The molecule has 2 aromatic carbocycles. The molecular weight excluding hydrogens is 262 g/mol. The zero-order valence-electron chi connectivity index (χ0n) is 10.3. The molecule has 2 rings (SSSR count). The van der Waals surface area contributed by atoms with Gasteiger partial charge in [-0.1, -0.05) is 41.9 Å². The van der Waals surface area contributed by atoms with Crippen molar-refractivity contribution in [3.63, 3.8) is 0 Å². The quantitative estimate of drug-likeness (QED) is 0.909. The van der Waals surface area contributed by atoms with Crippen LogP contribution in [0.25, 0.3) is 0 Å². The third-order valence-corrected chi connectivity index (χ3v) is 2.99. The van der Waals surface area contributed by atoms with E-state index in [2.05, 4.69) is 0 Å². The number of carbonyl (C=O) groups is 1. The van der Waals surface area contributed by atoms with Gasteiger partial charge >= 0.3 is 5.97 Å². The standard InChI is InChI=1S/C15H14ClNO2/c16-13-8-6-12(7-9-13)10-17(11-15(18)19)14-4-2-1-3-5-14/h1-9H,10-11H2,(H,18,19). The maximum Gasteiger partial charge on any atom is 0.323 e. The van der Waals surface area contributed by atoms with Crippen molar-refractivity contribution < 1.29 is 9.90 Å². The third kappa shape index (κ3) is 4.00. The highest BCUT2D eigenvalue weighted by molar-refractivity contribution is 6.30. The Kier molecular flexibility index (Phi) is 4.42. The third-order valence-electron chi connectivity index (χ3n) is 2.73. The second-order valence-corrected chi connectivity index (χ2v) is 4.65. The Morgan fingerprint density at radius 2 is 1.68 bits per heavy atom. The molecule has 0 fully saturated rings. The van der Waals surface area contributed by atoms with E-state index < -0.39 is 5.97 Å². The lowest BCUT2D eigenvalue weighted by atomic mass is 10.2. The highest BCUT2D eigenvalue weighted by Gasteiger charge is 2.10. The van der Waals surface area contributed by atoms with Gasteiger partial charge in [0.25, 0.3) is 0 Å². The fraction of sp³-hybridized carbons (Fsp3) is 0.133. The van der Waals surface area contributed by atoms with E-state index in [1.807, 2.05) is 47.4 Å². The summed E-state index contributed by atoms with van der Waals surface area (Å²) in [7, 11) is 0. The Hall–Kier alpha value is -2.00. The highest BCUT2D eigenvalue weighted by Crippen LogP contribution is 2.17. The average molecular weight is 276 g/mol. The van der Waals surface area contributed by atoms with Crippen LogP contribution in [0.15, 0.2) is 54.6 Å². The minimum atomic E-state index is -0.849. The Bertz CT molecular complexity index is 540. The maximum atomic E-state index is 11.0. The van der Waals surface area contributed by atoms with E-state index in [1.54, 1.807) is 12.1 Å². The molecule has 0 aliphatic rings. The first-order chi connectivity index (χ1) is 9.15. The number of rotatable bonds is 5. The van der Waals surface area contributed by atoms with Crippen molar-refractivity contribution in [2.75, 3.05) is 11.4 Å². The number of para-hydroxylation sites is 1. The summed E-state index contributed by atoms with van der Waals surface area (Å²) in [6, 6.07) is 16.9. The summed E-state index contributed by atoms with van der Waals surface area (Å²) in [6.07, 6.45) is 0. The lowest BCUT2D eigenvalue weighted by Gasteiger charge is -2.23. The van der Waals surface area contributed by atoms with Gasteiger partial charge in [0, 0.05) is 17.3 Å². The zero-order chi connectivity index (χ0) is 13.7. The molecule has 0 radical (unpaired) electrons. The summed E-state index contributed by atoms with van der Waals surface area (Å²) >= 11 is 5.84. The van der Waals surface area contributed by atoms with Gasteiger partial charge in [0.2, 0.25) is 0 Å². The molecule has 0 atom stereocenters. The van der Waals surface area contributed by atoms with Gasteiger partial charge in [-0.15, -0.1) is 0 Å². The predicted octanol–water partition coefficient (Wildman–Crippen LogP) is 3.43. The number of nitrogens with zero attached hydrogens (tertiary/aromatic N) is 1. The van der Waals surface area contributed by atoms with Crippen LogP contribution in [0.5, 0.6) is 0 Å². The zero-order valence-corrected chi connectivity index (χ0v) is 11.0. The molecule has 3 nitrogen and oxygen atoms in total. The number of aliphatic carboxylic acids is 1. The lowest BCUT2D eigenvalue weighted by Crippen LogP contribution is -2.29. The predicted molar refractivity (Wildman–Crippen MR) is 76.6 cm³/mol. The first-order valence-corrected chi connectivity index (χ1v) is 6.29. The lowest BCUT2D eigenvalue weighted by molar-refractivity contribution is -0.135. The summed E-state index contributed by atoms with van der Waals surface area (Å²) in [6.45, 7) is 0.500. The molecule has 0 spiro atoms. The fourth-order valence-electron chi connectivity index (χ4n) is 1.85. The minimum Gasteiger partial charge on any atom is -0.480 e. The number of hydrogen-bond donors (Lipinski definition) is 1. The number of carboxylic acid groups (broad SMARTS) is 1. The average Bonchev–Trinajstić information content (AvgIpc) is 2.41. The molecule has 0 unspecified atom stereocenters. The normalized spacial score (nSPS) is 10.2. The molecule has 0 heterocycles. The molecule has 0 aromatic heterocycles. The molecule has 0 saturated heterocycles. The fourth-order valence-corrected chi connectivity index (χ4v) is 1.98. The molecule has 2 aromatic rings. The summed E-state index contributed by atoms with van der Waals surface area (Å²) in [5.41, 5.74) is 1.91. The van der Waals surface area contributed by atoms with Crippen LogP contribution in [0.2, 0.25) is 5.02 Å². The van der Waals surface area contributed by atoms with Crippen LogP contribution in [-0.2, 0) is 11.3 Å². The Morgan fingerprint density at radius 3 is 2.26 bits per heavy atom. The molecule has 0 aliphatic carbocycles. The van der Waals surface area contributed by atoms with Gasteiger partial charge in [0.15, 0.2) is 0 Å². The molecule has 0 saturated carbocycles. The molecule has 98 valence electrons. The van der Waals surface area contributed by atoms with Crippen molar-refractivity contribution in [2.24, 2.45) is 0 Å². The van der Waals surface area contributed by atoms with E-state index in [9.17, 15) is 4.79 Å². The first-order valence-electron chi connectivity index (χ1n) is 5.91. The van der Waals surface area contributed by atoms with Gasteiger partial charge in [0.05, 0.1) is 0 Å². The van der Waals surface area contributed by atoms with Crippen LogP contribution >= 0.6 is 11.6 Å². The summed E-state index contributed by atoms with van der Waals surface area (Å²) in [4.78, 5) is 12.8. The summed E-state index contributed by atoms with van der Waals surface area (Å²) in [5.74, 6) is -0.849. The van der Waals surface area contributed by atoms with Crippen LogP contribution in [0, 0.1) is 0 Å². The topological polar surface area (TPSA) is 40.5 Å². The molecule has 19 heavy (non-hydrogen) atoms. The van der Waals surface area contributed by atoms with Gasteiger partial charge < -0.3 is 10.0 Å². The smallest absolute Gasteiger partial charge is 0.323 e. The number of benzene rings is 2. The second kappa shape index (κ2) is 6.25. The van der Waals surface area contributed by atoms with Crippen molar-refractivity contribution in [3.05, 3.63) is 65.2 Å². The van der Waals surface area contributed by atoms with Crippen molar-refractivity contribution in [1.82, 2.24) is 0 Å². The van der Waals surface area contributed by atoms with Crippen molar-refractivity contribution in [1.29, 1.82) is 0 Å². The van der Waals surface area contributed by atoms with E-state index in [0.29, 0.717) is 11.6 Å². The van der Waals surface area contributed by atoms with Crippen LogP contribution in [0.3, 0.4) is 0 Å². The molecule has 0 amide bonds. The molecule has 0 bridgehead atoms. The number of hydrogen-bond acceptors (Lipinski definition) is 2. The number of anilines is 1. The van der Waals surface area contributed by atoms with Crippen LogP contribution in [0.4, 0.5) is 5.69 Å². The SMILES string of the molecule is O=C(O)CN(Cc1ccc(Cl)cc1)c1ccccc1. The maximum absolute atomic E-state index is 11.0. The van der Waals surface area contributed by atoms with E-state index in [1.165, 1.54) is 0 Å². The number of halogens is 1. The second-order valence-electron chi connectivity index (χ2n) is 4.21. The summed E-state index contributed by atoms with van der Waals surface area (Å²) in [5, 5.41) is 9.68. The van der Waals surface area contributed by atoms with Crippen LogP contribution < -0.4 is 4.90 Å². The van der Waals surface area contributed by atoms with E-state index in [0.717, 1.165) is 11.3 Å². The van der Waals surface area contributed by atoms with E-state index >= 15 is 0 Å². The van der Waals surface area contributed by atoms with Gasteiger partial charge in [-0.05, 0) is 29.8 Å². The monoisotopic (exact) mass is 275 g/mol. The molecule has 0 aliphatic heterocycles. The van der Waals surface area contributed by atoms with Crippen LogP contribution in [-0.4, -0.2) is 17.6 Å². The summed E-state index contributed by atoms with van der Waals surface area (Å²) < 4.78 is 0. The minimum absolute atomic E-state index is 0.0351. The van der Waals surface area contributed by atoms with E-state index in [-0.39, 0.29) is 6.54 Å². The van der Waals surface area contributed by atoms with E-state index in [4.69, 9.17) is 16.7 Å².